The van der Waals surface area contributed by atoms with Gasteiger partial charge in [0.25, 0.3) is 5.91 Å². The molecule has 0 saturated heterocycles. The number of amides is 1. The molecular formula is C12H12ClN3OS. The number of nitrogens with two attached hydrogens (primary N) is 1. The summed E-state index contributed by atoms with van der Waals surface area (Å²) in [4.78, 5) is 16.8. The molecule has 0 aliphatic carbocycles. The number of nitrogens with zero attached hydrogens (tertiary/aromatic N) is 1. The summed E-state index contributed by atoms with van der Waals surface area (Å²) < 4.78 is 0.761. The highest BCUT2D eigenvalue weighted by Crippen LogP contribution is 2.21. The van der Waals surface area contributed by atoms with Crippen molar-refractivity contribution in [1.82, 2.24) is 10.3 Å². The van der Waals surface area contributed by atoms with E-state index in [9.17, 15) is 4.79 Å². The van der Waals surface area contributed by atoms with Gasteiger partial charge in [0.05, 0.1) is 16.2 Å². The normalized spacial score (nSPS) is 10.3. The Hall–Kier alpha value is -1.59. The highest BCUT2D eigenvalue weighted by Gasteiger charge is 2.06. The van der Waals surface area contributed by atoms with E-state index in [1.165, 1.54) is 17.5 Å². The number of nitrogen functional groups attached to an aromatic ring is 1. The fourth-order valence-corrected chi connectivity index (χ4v) is 2.50. The van der Waals surface area contributed by atoms with Gasteiger partial charge in [-0.15, -0.1) is 11.3 Å². The number of pyridine rings is 1. The topological polar surface area (TPSA) is 68.0 Å². The van der Waals surface area contributed by atoms with Crippen molar-refractivity contribution in [2.24, 2.45) is 0 Å². The minimum absolute atomic E-state index is 0.197. The summed E-state index contributed by atoms with van der Waals surface area (Å²) in [6.45, 7) is 0.557. The van der Waals surface area contributed by atoms with Crippen LogP contribution in [0.3, 0.4) is 0 Å². The van der Waals surface area contributed by atoms with Crippen LogP contribution in [-0.4, -0.2) is 17.4 Å². The van der Waals surface area contributed by atoms with Crippen LogP contribution in [0.25, 0.3) is 0 Å². The lowest BCUT2D eigenvalue weighted by Gasteiger charge is -2.03. The minimum atomic E-state index is -0.197. The molecule has 0 bridgehead atoms. The minimum Gasteiger partial charge on any atom is -0.397 e. The molecule has 1 amide bonds. The molecule has 6 heteroatoms. The highest BCUT2D eigenvalue weighted by molar-refractivity contribution is 7.16. The lowest BCUT2D eigenvalue weighted by Crippen LogP contribution is -2.26. The first-order chi connectivity index (χ1) is 8.65. The van der Waals surface area contributed by atoms with Crippen molar-refractivity contribution < 1.29 is 4.79 Å². The zero-order valence-electron chi connectivity index (χ0n) is 9.52. The molecule has 4 nitrogen and oxygen atoms in total. The van der Waals surface area contributed by atoms with Gasteiger partial charge in [0.1, 0.15) is 5.69 Å². The molecule has 2 aromatic rings. The van der Waals surface area contributed by atoms with Crippen LogP contribution in [0.15, 0.2) is 30.5 Å². The summed E-state index contributed by atoms with van der Waals surface area (Å²) in [6.07, 6.45) is 2.23. The summed E-state index contributed by atoms with van der Waals surface area (Å²) in [6, 6.07) is 7.07. The first kappa shape index (κ1) is 12.9. The molecular weight excluding hydrogens is 270 g/mol. The van der Waals surface area contributed by atoms with Crippen LogP contribution < -0.4 is 11.1 Å². The molecule has 0 fully saturated rings. The Bertz CT molecular complexity index is 539. The maximum Gasteiger partial charge on any atom is 0.269 e. The lowest BCUT2D eigenvalue weighted by molar-refractivity contribution is 0.0949. The number of nitrogens with one attached hydrogen (secondary N) is 1. The molecule has 18 heavy (non-hydrogen) atoms. The van der Waals surface area contributed by atoms with Crippen molar-refractivity contribution in [1.29, 1.82) is 0 Å². The molecule has 0 aliphatic heterocycles. The quantitative estimate of drug-likeness (QED) is 0.904. The standard InChI is InChI=1S/C12H12ClN3OS/c13-11-4-2-9(18-11)5-6-15-12(17)10-3-1-8(14)7-16-10/h1-4,7H,5-6,14H2,(H,15,17). The molecule has 2 heterocycles. The molecule has 94 valence electrons. The largest absolute Gasteiger partial charge is 0.397 e. The lowest BCUT2D eigenvalue weighted by atomic mass is 10.3. The van der Waals surface area contributed by atoms with Crippen molar-refractivity contribution in [3.63, 3.8) is 0 Å². The van der Waals surface area contributed by atoms with Gasteiger partial charge in [-0.25, -0.2) is 4.98 Å². The molecule has 2 rings (SSSR count). The summed E-state index contributed by atoms with van der Waals surface area (Å²) in [5.74, 6) is -0.197. The summed E-state index contributed by atoms with van der Waals surface area (Å²) in [7, 11) is 0. The Morgan fingerprint density at radius 2 is 2.22 bits per heavy atom. The molecule has 0 saturated carbocycles. The second-order valence-electron chi connectivity index (χ2n) is 3.69. The van der Waals surface area contributed by atoms with E-state index in [1.54, 1.807) is 12.1 Å². The van der Waals surface area contributed by atoms with E-state index in [0.717, 1.165) is 15.6 Å². The molecule has 0 spiro atoms. The van der Waals surface area contributed by atoms with E-state index >= 15 is 0 Å². The van der Waals surface area contributed by atoms with Crippen molar-refractivity contribution >= 4 is 34.5 Å². The van der Waals surface area contributed by atoms with Crippen LogP contribution in [0.2, 0.25) is 4.34 Å². The van der Waals surface area contributed by atoms with Gasteiger partial charge in [0.2, 0.25) is 0 Å². The van der Waals surface area contributed by atoms with Crippen molar-refractivity contribution in [2.45, 2.75) is 6.42 Å². The van der Waals surface area contributed by atoms with Crippen LogP contribution in [0.4, 0.5) is 5.69 Å². The van der Waals surface area contributed by atoms with E-state index in [-0.39, 0.29) is 5.91 Å². The second kappa shape index (κ2) is 5.84. The molecule has 2 aromatic heterocycles. The van der Waals surface area contributed by atoms with Crippen molar-refractivity contribution in [2.75, 3.05) is 12.3 Å². The first-order valence-electron chi connectivity index (χ1n) is 5.39. The van der Waals surface area contributed by atoms with Crippen LogP contribution >= 0.6 is 22.9 Å². The number of thiophene rings is 1. The fourth-order valence-electron chi connectivity index (χ4n) is 1.42. The van der Waals surface area contributed by atoms with E-state index < -0.39 is 0 Å². The molecule has 0 aliphatic rings. The number of hydrogen-bond donors (Lipinski definition) is 2. The van der Waals surface area contributed by atoms with Gasteiger partial charge in [0, 0.05) is 11.4 Å². The zero-order chi connectivity index (χ0) is 13.0. The number of carbonyl (C=O) groups is 1. The van der Waals surface area contributed by atoms with Crippen LogP contribution in [-0.2, 0) is 6.42 Å². The third-order valence-corrected chi connectivity index (χ3v) is 3.60. The summed E-state index contributed by atoms with van der Waals surface area (Å²) in [5, 5.41) is 2.80. The Kier molecular flexibility index (Phi) is 4.17. The Morgan fingerprint density at radius 1 is 1.39 bits per heavy atom. The van der Waals surface area contributed by atoms with E-state index in [4.69, 9.17) is 17.3 Å². The van der Waals surface area contributed by atoms with Gasteiger partial charge in [-0.3, -0.25) is 4.79 Å². The van der Waals surface area contributed by atoms with E-state index in [2.05, 4.69) is 10.3 Å². The zero-order valence-corrected chi connectivity index (χ0v) is 11.1. The molecule has 0 aromatic carbocycles. The number of carbonyl (C=O) groups excluding carboxylic acids is 1. The molecule has 3 N–H and O–H groups in total. The Balaban J connectivity index is 1.83. The van der Waals surface area contributed by atoms with Gasteiger partial charge >= 0.3 is 0 Å². The van der Waals surface area contributed by atoms with E-state index in [1.807, 2.05) is 12.1 Å². The Morgan fingerprint density at radius 3 is 2.83 bits per heavy atom. The predicted octanol–water partition coefficient (Wildman–Crippen LogP) is 2.35. The van der Waals surface area contributed by atoms with Gasteiger partial charge in [0.15, 0.2) is 0 Å². The predicted molar refractivity (Wildman–Crippen MR) is 74.0 cm³/mol. The number of rotatable bonds is 4. The van der Waals surface area contributed by atoms with Crippen molar-refractivity contribution in [3.05, 3.63) is 45.4 Å². The molecule has 0 atom stereocenters. The smallest absolute Gasteiger partial charge is 0.269 e. The summed E-state index contributed by atoms with van der Waals surface area (Å²) >= 11 is 7.34. The first-order valence-corrected chi connectivity index (χ1v) is 6.58. The van der Waals surface area contributed by atoms with Crippen LogP contribution in [0.1, 0.15) is 15.4 Å². The molecule has 0 unspecified atom stereocenters. The molecule has 0 radical (unpaired) electrons. The monoisotopic (exact) mass is 281 g/mol. The third kappa shape index (κ3) is 3.45. The average molecular weight is 282 g/mol. The van der Waals surface area contributed by atoms with E-state index in [0.29, 0.717) is 17.9 Å². The number of hydrogen-bond acceptors (Lipinski definition) is 4. The second-order valence-corrected chi connectivity index (χ2v) is 5.49. The van der Waals surface area contributed by atoms with Gasteiger partial charge in [-0.2, -0.15) is 0 Å². The number of aromatic nitrogens is 1. The van der Waals surface area contributed by atoms with Crippen LogP contribution in [0.5, 0.6) is 0 Å². The van der Waals surface area contributed by atoms with Gasteiger partial charge in [-0.05, 0) is 30.7 Å². The van der Waals surface area contributed by atoms with Crippen molar-refractivity contribution in [3.8, 4) is 0 Å². The number of halogens is 1. The Labute approximate surface area is 114 Å². The van der Waals surface area contributed by atoms with Crippen LogP contribution in [0, 0.1) is 0 Å². The third-order valence-electron chi connectivity index (χ3n) is 2.30. The maximum absolute atomic E-state index is 11.7. The maximum atomic E-state index is 11.7. The summed E-state index contributed by atoms with van der Waals surface area (Å²) in [5.41, 5.74) is 6.41. The number of anilines is 1. The SMILES string of the molecule is Nc1ccc(C(=O)NCCc2ccc(Cl)s2)nc1. The van der Waals surface area contributed by atoms with Gasteiger partial charge < -0.3 is 11.1 Å². The highest BCUT2D eigenvalue weighted by atomic mass is 35.5. The fraction of sp³-hybridized carbons (Fsp3) is 0.167. The van der Waals surface area contributed by atoms with Gasteiger partial charge in [-0.1, -0.05) is 11.6 Å². The average Bonchev–Trinajstić information content (AvgIpc) is 2.76.